The average Bonchev–Trinajstić information content (AvgIpc) is 2.68. The van der Waals surface area contributed by atoms with Gasteiger partial charge >= 0.3 is 0 Å². The Balaban J connectivity index is 1.74. The molecule has 0 saturated carbocycles. The van der Waals surface area contributed by atoms with E-state index in [-0.39, 0.29) is 11.8 Å². The zero-order valence-corrected chi connectivity index (χ0v) is 15.3. The molecule has 1 atom stereocenters. The summed E-state index contributed by atoms with van der Waals surface area (Å²) in [7, 11) is 3.22. The Morgan fingerprint density at radius 3 is 2.46 bits per heavy atom. The van der Waals surface area contributed by atoms with Gasteiger partial charge in [-0.25, -0.2) is 0 Å². The number of benzene rings is 3. The summed E-state index contributed by atoms with van der Waals surface area (Å²) in [6.07, 6.45) is 0.622. The van der Waals surface area contributed by atoms with Gasteiger partial charge in [0.05, 0.1) is 14.2 Å². The molecule has 26 heavy (non-hydrogen) atoms. The first kappa shape index (κ1) is 17.8. The van der Waals surface area contributed by atoms with E-state index in [1.165, 1.54) is 0 Å². The lowest BCUT2D eigenvalue weighted by Gasteiger charge is -2.15. The first-order valence-electron chi connectivity index (χ1n) is 8.62. The molecular formula is C22H23NO3. The van der Waals surface area contributed by atoms with E-state index in [0.717, 1.165) is 22.0 Å². The number of hydrogen-bond acceptors (Lipinski definition) is 3. The van der Waals surface area contributed by atoms with Crippen LogP contribution < -0.4 is 14.8 Å². The molecule has 4 nitrogen and oxygen atoms in total. The second kappa shape index (κ2) is 7.91. The topological polar surface area (TPSA) is 47.6 Å². The van der Waals surface area contributed by atoms with Crippen LogP contribution in [0.2, 0.25) is 0 Å². The third kappa shape index (κ3) is 3.80. The van der Waals surface area contributed by atoms with Crippen molar-refractivity contribution in [1.29, 1.82) is 0 Å². The van der Waals surface area contributed by atoms with Crippen LogP contribution in [0.3, 0.4) is 0 Å². The SMILES string of the molecule is COc1ccc(CC(C)C(=O)Nc2cccc3ccccc23)cc1OC. The zero-order valence-electron chi connectivity index (χ0n) is 15.3. The molecule has 0 fully saturated rings. The van der Waals surface area contributed by atoms with E-state index in [2.05, 4.69) is 5.32 Å². The van der Waals surface area contributed by atoms with E-state index in [4.69, 9.17) is 9.47 Å². The van der Waals surface area contributed by atoms with Crippen molar-refractivity contribution in [3.8, 4) is 11.5 Å². The van der Waals surface area contributed by atoms with Crippen LogP contribution >= 0.6 is 0 Å². The van der Waals surface area contributed by atoms with Gasteiger partial charge in [-0.05, 0) is 35.6 Å². The fourth-order valence-electron chi connectivity index (χ4n) is 3.04. The summed E-state index contributed by atoms with van der Waals surface area (Å²) in [5, 5.41) is 5.21. The smallest absolute Gasteiger partial charge is 0.227 e. The molecular weight excluding hydrogens is 326 g/mol. The van der Waals surface area contributed by atoms with Gasteiger partial charge in [-0.2, -0.15) is 0 Å². The molecule has 3 aromatic rings. The predicted molar refractivity (Wildman–Crippen MR) is 105 cm³/mol. The van der Waals surface area contributed by atoms with Gasteiger partial charge in [0.15, 0.2) is 11.5 Å². The standard InChI is InChI=1S/C22H23NO3/c1-15(13-16-11-12-20(25-2)21(14-16)26-3)22(24)23-19-10-6-8-17-7-4-5-9-18(17)19/h4-12,14-15H,13H2,1-3H3,(H,23,24). The Morgan fingerprint density at radius 1 is 0.962 bits per heavy atom. The van der Waals surface area contributed by atoms with Crippen molar-refractivity contribution in [2.75, 3.05) is 19.5 Å². The Labute approximate surface area is 153 Å². The summed E-state index contributed by atoms with van der Waals surface area (Å²) in [6.45, 7) is 1.93. The van der Waals surface area contributed by atoms with E-state index >= 15 is 0 Å². The molecule has 134 valence electrons. The third-order valence-electron chi connectivity index (χ3n) is 4.48. The van der Waals surface area contributed by atoms with Gasteiger partial charge in [-0.15, -0.1) is 0 Å². The van der Waals surface area contributed by atoms with Gasteiger partial charge in [-0.1, -0.05) is 49.4 Å². The molecule has 0 aliphatic heterocycles. The van der Waals surface area contributed by atoms with Crippen molar-refractivity contribution in [2.45, 2.75) is 13.3 Å². The average molecular weight is 349 g/mol. The minimum atomic E-state index is -0.174. The van der Waals surface area contributed by atoms with Crippen LogP contribution in [0.1, 0.15) is 12.5 Å². The molecule has 0 aliphatic rings. The van der Waals surface area contributed by atoms with Crippen molar-refractivity contribution in [3.05, 3.63) is 66.2 Å². The number of carbonyl (C=O) groups is 1. The largest absolute Gasteiger partial charge is 0.493 e. The van der Waals surface area contributed by atoms with Gasteiger partial charge in [-0.3, -0.25) is 4.79 Å². The van der Waals surface area contributed by atoms with E-state index in [9.17, 15) is 4.79 Å². The molecule has 0 spiro atoms. The second-order valence-electron chi connectivity index (χ2n) is 6.31. The molecule has 3 rings (SSSR count). The summed E-state index contributed by atoms with van der Waals surface area (Å²) in [6, 6.07) is 19.7. The van der Waals surface area contributed by atoms with Crippen molar-refractivity contribution in [2.24, 2.45) is 5.92 Å². The van der Waals surface area contributed by atoms with Crippen LogP contribution in [-0.4, -0.2) is 20.1 Å². The highest BCUT2D eigenvalue weighted by molar-refractivity contribution is 6.02. The molecule has 0 saturated heterocycles. The molecule has 0 aromatic heterocycles. The van der Waals surface area contributed by atoms with Crippen LogP contribution in [0.4, 0.5) is 5.69 Å². The number of amides is 1. The predicted octanol–water partition coefficient (Wildman–Crippen LogP) is 4.67. The van der Waals surface area contributed by atoms with Crippen molar-refractivity contribution in [1.82, 2.24) is 0 Å². The Hall–Kier alpha value is -3.01. The lowest BCUT2D eigenvalue weighted by molar-refractivity contribution is -0.119. The number of rotatable bonds is 6. The van der Waals surface area contributed by atoms with Crippen molar-refractivity contribution >= 4 is 22.4 Å². The molecule has 4 heteroatoms. The normalized spacial score (nSPS) is 11.8. The lowest BCUT2D eigenvalue weighted by atomic mass is 9.99. The fourth-order valence-corrected chi connectivity index (χ4v) is 3.04. The zero-order chi connectivity index (χ0) is 18.5. The monoisotopic (exact) mass is 349 g/mol. The summed E-state index contributed by atoms with van der Waals surface area (Å²) in [4.78, 5) is 12.7. The second-order valence-corrected chi connectivity index (χ2v) is 6.31. The maximum absolute atomic E-state index is 12.7. The molecule has 0 bridgehead atoms. The van der Waals surface area contributed by atoms with Gasteiger partial charge in [0.25, 0.3) is 0 Å². The van der Waals surface area contributed by atoms with Gasteiger partial charge in [0.2, 0.25) is 5.91 Å². The van der Waals surface area contributed by atoms with Crippen LogP contribution in [0.15, 0.2) is 60.7 Å². The number of methoxy groups -OCH3 is 2. The van der Waals surface area contributed by atoms with Gasteiger partial charge in [0, 0.05) is 17.0 Å². The summed E-state index contributed by atoms with van der Waals surface area (Å²) >= 11 is 0. The molecule has 1 unspecified atom stereocenters. The number of ether oxygens (including phenoxy) is 2. The van der Waals surface area contributed by atoms with Crippen LogP contribution in [0, 0.1) is 5.92 Å². The summed E-state index contributed by atoms with van der Waals surface area (Å²) in [5.74, 6) is 1.18. The molecule has 3 aromatic carbocycles. The van der Waals surface area contributed by atoms with E-state index < -0.39 is 0 Å². The summed E-state index contributed by atoms with van der Waals surface area (Å²) < 4.78 is 10.6. The molecule has 0 heterocycles. The van der Waals surface area contributed by atoms with Crippen molar-refractivity contribution < 1.29 is 14.3 Å². The lowest BCUT2D eigenvalue weighted by Crippen LogP contribution is -2.22. The summed E-state index contributed by atoms with van der Waals surface area (Å²) in [5.41, 5.74) is 1.87. The molecule has 1 amide bonds. The van der Waals surface area contributed by atoms with E-state index in [1.54, 1.807) is 14.2 Å². The molecule has 0 radical (unpaired) electrons. The first-order valence-corrected chi connectivity index (χ1v) is 8.62. The number of anilines is 1. The quantitative estimate of drug-likeness (QED) is 0.703. The number of carbonyl (C=O) groups excluding carboxylic acids is 1. The third-order valence-corrected chi connectivity index (χ3v) is 4.48. The Bertz CT molecular complexity index is 915. The highest BCUT2D eigenvalue weighted by Gasteiger charge is 2.16. The Morgan fingerprint density at radius 2 is 1.69 bits per heavy atom. The van der Waals surface area contributed by atoms with E-state index in [0.29, 0.717) is 17.9 Å². The van der Waals surface area contributed by atoms with Gasteiger partial charge < -0.3 is 14.8 Å². The van der Waals surface area contributed by atoms with E-state index in [1.807, 2.05) is 67.6 Å². The van der Waals surface area contributed by atoms with Crippen LogP contribution in [0.5, 0.6) is 11.5 Å². The Kier molecular flexibility index (Phi) is 5.42. The van der Waals surface area contributed by atoms with Crippen molar-refractivity contribution in [3.63, 3.8) is 0 Å². The minimum Gasteiger partial charge on any atom is -0.493 e. The minimum absolute atomic E-state index is 0.00358. The van der Waals surface area contributed by atoms with Gasteiger partial charge in [0.1, 0.15) is 0 Å². The highest BCUT2D eigenvalue weighted by atomic mass is 16.5. The molecule has 1 N–H and O–H groups in total. The maximum atomic E-state index is 12.7. The number of nitrogens with one attached hydrogen (secondary N) is 1. The number of hydrogen-bond donors (Lipinski definition) is 1. The highest BCUT2D eigenvalue weighted by Crippen LogP contribution is 2.29. The van der Waals surface area contributed by atoms with Crippen LogP contribution in [0.25, 0.3) is 10.8 Å². The first-order chi connectivity index (χ1) is 12.6. The molecule has 0 aliphatic carbocycles. The van der Waals surface area contributed by atoms with Crippen LogP contribution in [-0.2, 0) is 11.2 Å². The fraction of sp³-hybridized carbons (Fsp3) is 0.227. The number of fused-ring (bicyclic) bond motifs is 1. The maximum Gasteiger partial charge on any atom is 0.227 e.